The number of nitrogens with zero attached hydrogens (tertiary/aromatic N) is 1. The summed E-state index contributed by atoms with van der Waals surface area (Å²) in [6, 6.07) is -0.537. The van der Waals surface area contributed by atoms with Gasteiger partial charge in [0.2, 0.25) is 0 Å². The van der Waals surface area contributed by atoms with E-state index in [0.717, 1.165) is 0 Å². The van der Waals surface area contributed by atoms with Gasteiger partial charge in [-0.15, -0.1) is 0 Å². The number of carbonyl (C=O) groups excluding carboxylic acids is 1. The fourth-order valence-corrected chi connectivity index (χ4v) is 2.00. The van der Waals surface area contributed by atoms with Gasteiger partial charge in [-0.05, 0) is 20.3 Å². The molecule has 1 saturated heterocycles. The molecule has 1 aliphatic heterocycles. The molecule has 0 bridgehead atoms. The Hall–Kier alpha value is -1.30. The third-order valence-corrected chi connectivity index (χ3v) is 3.13. The van der Waals surface area contributed by atoms with Crippen molar-refractivity contribution in [3.8, 4) is 0 Å². The minimum atomic E-state index is -0.900. The molecule has 0 radical (unpaired) electrons. The maximum Gasteiger partial charge on any atom is 0.318 e. The third kappa shape index (κ3) is 3.87. The van der Waals surface area contributed by atoms with Crippen LogP contribution >= 0.6 is 0 Å². The molecule has 2 N–H and O–H groups in total. The molecule has 1 fully saturated rings. The lowest BCUT2D eigenvalue weighted by atomic mass is 10.0. The quantitative estimate of drug-likeness (QED) is 0.790. The van der Waals surface area contributed by atoms with Crippen LogP contribution < -0.4 is 5.32 Å². The zero-order valence-corrected chi connectivity index (χ0v) is 11.2. The first-order valence-corrected chi connectivity index (χ1v) is 6.24. The fraction of sp³-hybridized carbons (Fsp3) is 0.833. The Labute approximate surface area is 107 Å². The number of carbonyl (C=O) groups is 2. The first kappa shape index (κ1) is 14.8. The van der Waals surface area contributed by atoms with Gasteiger partial charge in [-0.25, -0.2) is 4.79 Å². The van der Waals surface area contributed by atoms with E-state index in [1.807, 2.05) is 20.8 Å². The van der Waals surface area contributed by atoms with Crippen LogP contribution in [0.2, 0.25) is 0 Å². The van der Waals surface area contributed by atoms with Crippen molar-refractivity contribution in [2.24, 2.45) is 0 Å². The van der Waals surface area contributed by atoms with Crippen LogP contribution in [0.5, 0.6) is 0 Å². The summed E-state index contributed by atoms with van der Waals surface area (Å²) in [6.07, 6.45) is 0.551. The van der Waals surface area contributed by atoms with Crippen LogP contribution in [-0.2, 0) is 9.53 Å². The van der Waals surface area contributed by atoms with Gasteiger partial charge in [-0.1, -0.05) is 6.92 Å². The molecule has 1 rings (SSSR count). The Morgan fingerprint density at radius 2 is 2.17 bits per heavy atom. The second-order valence-corrected chi connectivity index (χ2v) is 5.17. The van der Waals surface area contributed by atoms with E-state index in [-0.39, 0.29) is 24.0 Å². The number of hydrogen-bond donors (Lipinski definition) is 2. The number of ether oxygens (including phenoxy) is 1. The highest BCUT2D eigenvalue weighted by molar-refractivity contribution is 5.76. The second kappa shape index (κ2) is 6.04. The molecule has 1 unspecified atom stereocenters. The van der Waals surface area contributed by atoms with Crippen molar-refractivity contribution in [2.75, 3.05) is 19.8 Å². The third-order valence-electron chi connectivity index (χ3n) is 3.13. The molecule has 104 valence electrons. The molecule has 2 amide bonds. The summed E-state index contributed by atoms with van der Waals surface area (Å²) in [5, 5.41) is 11.5. The van der Waals surface area contributed by atoms with Gasteiger partial charge in [0.25, 0.3) is 0 Å². The van der Waals surface area contributed by atoms with Crippen molar-refractivity contribution in [3.05, 3.63) is 0 Å². The Kier molecular flexibility index (Phi) is 4.95. The van der Waals surface area contributed by atoms with Crippen LogP contribution in [0.25, 0.3) is 0 Å². The Bertz CT molecular complexity index is 317. The van der Waals surface area contributed by atoms with Gasteiger partial charge < -0.3 is 20.1 Å². The summed E-state index contributed by atoms with van der Waals surface area (Å²) in [4.78, 5) is 24.5. The van der Waals surface area contributed by atoms with Gasteiger partial charge in [0.05, 0.1) is 25.2 Å². The van der Waals surface area contributed by atoms with Crippen molar-refractivity contribution >= 4 is 12.0 Å². The zero-order chi connectivity index (χ0) is 13.8. The Morgan fingerprint density at radius 3 is 2.67 bits per heavy atom. The molecule has 1 heterocycles. The average molecular weight is 258 g/mol. The number of rotatable bonds is 4. The van der Waals surface area contributed by atoms with Crippen LogP contribution in [0.15, 0.2) is 0 Å². The van der Waals surface area contributed by atoms with Gasteiger partial charge in [-0.2, -0.15) is 0 Å². The van der Waals surface area contributed by atoms with Crippen LogP contribution in [-0.4, -0.2) is 53.3 Å². The molecule has 1 atom stereocenters. The number of morpholine rings is 1. The smallest absolute Gasteiger partial charge is 0.318 e. The molecule has 0 aromatic carbocycles. The normalized spacial score (nSPS) is 20.3. The Balaban J connectivity index is 2.60. The van der Waals surface area contributed by atoms with Crippen LogP contribution in [0.3, 0.4) is 0 Å². The summed E-state index contributed by atoms with van der Waals surface area (Å²) in [7, 11) is 0. The number of nitrogens with one attached hydrogen (secondary N) is 1. The van der Waals surface area contributed by atoms with E-state index in [1.165, 1.54) is 0 Å². The molecule has 0 spiro atoms. The first-order chi connectivity index (χ1) is 8.36. The predicted molar refractivity (Wildman–Crippen MR) is 66.5 cm³/mol. The van der Waals surface area contributed by atoms with Crippen molar-refractivity contribution in [2.45, 2.75) is 45.2 Å². The van der Waals surface area contributed by atoms with Gasteiger partial charge in [0.1, 0.15) is 0 Å². The highest BCUT2D eigenvalue weighted by Crippen LogP contribution is 2.19. The molecule has 0 aromatic heterocycles. The summed E-state index contributed by atoms with van der Waals surface area (Å²) in [5.74, 6) is -0.900. The molecular weight excluding hydrogens is 236 g/mol. The molecule has 0 saturated carbocycles. The lowest BCUT2D eigenvalue weighted by Crippen LogP contribution is -2.59. The number of aliphatic carboxylic acids is 1. The monoisotopic (exact) mass is 258 g/mol. The lowest BCUT2D eigenvalue weighted by Gasteiger charge is -2.42. The molecule has 0 aliphatic carbocycles. The van der Waals surface area contributed by atoms with E-state index in [2.05, 4.69) is 5.32 Å². The topological polar surface area (TPSA) is 78.9 Å². The van der Waals surface area contributed by atoms with Gasteiger partial charge in [0, 0.05) is 12.6 Å². The maximum absolute atomic E-state index is 12.1. The molecule has 6 nitrogen and oxygen atoms in total. The Morgan fingerprint density at radius 1 is 1.50 bits per heavy atom. The first-order valence-electron chi connectivity index (χ1n) is 6.24. The van der Waals surface area contributed by atoms with E-state index >= 15 is 0 Å². The van der Waals surface area contributed by atoms with Crippen molar-refractivity contribution in [3.63, 3.8) is 0 Å². The van der Waals surface area contributed by atoms with E-state index in [4.69, 9.17) is 9.84 Å². The highest BCUT2D eigenvalue weighted by Gasteiger charge is 2.34. The SMILES string of the molecule is CCC(CC(=O)O)NC(=O)N1CCOCC1(C)C. The predicted octanol–water partition coefficient (Wildman–Crippen LogP) is 1.06. The second-order valence-electron chi connectivity index (χ2n) is 5.17. The van der Waals surface area contributed by atoms with Crippen molar-refractivity contribution < 1.29 is 19.4 Å². The number of carboxylic acids is 1. The van der Waals surface area contributed by atoms with E-state index in [1.54, 1.807) is 4.90 Å². The fourth-order valence-electron chi connectivity index (χ4n) is 2.00. The largest absolute Gasteiger partial charge is 0.481 e. The molecule has 6 heteroatoms. The maximum atomic E-state index is 12.1. The van der Waals surface area contributed by atoms with Crippen LogP contribution in [0, 0.1) is 0 Å². The summed E-state index contributed by atoms with van der Waals surface area (Å²) in [5.41, 5.74) is -0.357. The average Bonchev–Trinajstić information content (AvgIpc) is 2.26. The lowest BCUT2D eigenvalue weighted by molar-refractivity contribution is -0.137. The molecule has 18 heavy (non-hydrogen) atoms. The van der Waals surface area contributed by atoms with Gasteiger partial charge in [-0.3, -0.25) is 4.79 Å². The van der Waals surface area contributed by atoms with Crippen LogP contribution in [0.4, 0.5) is 4.79 Å². The summed E-state index contributed by atoms with van der Waals surface area (Å²) in [6.45, 7) is 7.27. The van der Waals surface area contributed by atoms with E-state index in [9.17, 15) is 9.59 Å². The summed E-state index contributed by atoms with van der Waals surface area (Å²) < 4.78 is 5.35. The van der Waals surface area contributed by atoms with Crippen molar-refractivity contribution in [1.82, 2.24) is 10.2 Å². The molecular formula is C12H22N2O4. The number of hydrogen-bond acceptors (Lipinski definition) is 3. The zero-order valence-electron chi connectivity index (χ0n) is 11.2. The van der Waals surface area contributed by atoms with Gasteiger partial charge >= 0.3 is 12.0 Å². The van der Waals surface area contributed by atoms with Crippen molar-refractivity contribution in [1.29, 1.82) is 0 Å². The molecule has 0 aromatic rings. The minimum absolute atomic E-state index is 0.0486. The van der Waals surface area contributed by atoms with Crippen LogP contribution in [0.1, 0.15) is 33.6 Å². The number of carboxylic acid groups (broad SMARTS) is 1. The minimum Gasteiger partial charge on any atom is -0.481 e. The van der Waals surface area contributed by atoms with E-state index < -0.39 is 5.97 Å². The number of amides is 2. The number of urea groups is 1. The molecule has 1 aliphatic rings. The summed E-state index contributed by atoms with van der Waals surface area (Å²) >= 11 is 0. The van der Waals surface area contributed by atoms with E-state index in [0.29, 0.717) is 26.2 Å². The highest BCUT2D eigenvalue weighted by atomic mass is 16.5. The standard InChI is InChI=1S/C12H22N2O4/c1-4-9(7-10(15)16)13-11(17)14-5-6-18-8-12(14,2)3/h9H,4-8H2,1-3H3,(H,13,17)(H,15,16). The van der Waals surface area contributed by atoms with Gasteiger partial charge in [0.15, 0.2) is 0 Å².